The van der Waals surface area contributed by atoms with Gasteiger partial charge in [-0.25, -0.2) is 14.8 Å². The molecule has 18 N–H and O–H groups in total. The fourth-order valence-electron chi connectivity index (χ4n) is 11.6. The Hall–Kier alpha value is -12.7. The Balaban J connectivity index is 0.984. The Labute approximate surface area is 725 Å². The molecule has 7 rings (SSSR count). The molecule has 10 atom stereocenters. The van der Waals surface area contributed by atoms with Gasteiger partial charge in [-0.05, 0) is 37.6 Å². The minimum absolute atomic E-state index is 0.0202. The molecule has 124 heavy (non-hydrogen) atoms. The van der Waals surface area contributed by atoms with Gasteiger partial charge in [0.1, 0.15) is 30.2 Å². The molecular formula is C77H92B2N20O21S4. The van der Waals surface area contributed by atoms with Crippen LogP contribution in [0.2, 0.25) is 0 Å². The Morgan fingerprint density at radius 1 is 0.452 bits per heavy atom. The monoisotopic (exact) mass is 1780 g/mol. The maximum atomic E-state index is 14.4. The van der Waals surface area contributed by atoms with Crippen LogP contribution >= 0.6 is 43.2 Å². The molecule has 7 aromatic rings. The van der Waals surface area contributed by atoms with Gasteiger partial charge in [-0.1, -0.05) is 21.6 Å². The molecule has 4 aromatic heterocycles. The van der Waals surface area contributed by atoms with E-state index in [2.05, 4.69) is 87.7 Å². The van der Waals surface area contributed by atoms with Crippen molar-refractivity contribution in [1.29, 1.82) is 0 Å². The van der Waals surface area contributed by atoms with E-state index in [1.807, 2.05) is 38.3 Å². The number of hydrogen-bond acceptors (Lipinski definition) is 30. The van der Waals surface area contributed by atoms with Crippen LogP contribution in [0, 0.1) is 11.8 Å². The molecule has 0 aliphatic heterocycles. The summed E-state index contributed by atoms with van der Waals surface area (Å²) >= 11 is 0. The molecule has 0 unspecified atom stereocenters. The Morgan fingerprint density at radius 3 is 1.30 bits per heavy atom. The predicted molar refractivity (Wildman–Crippen MR) is 456 cm³/mol. The quantitative estimate of drug-likeness (QED) is 0.0145. The van der Waals surface area contributed by atoms with Gasteiger partial charge in [0.2, 0.25) is 35.5 Å². The third-order valence-electron chi connectivity index (χ3n) is 17.8. The van der Waals surface area contributed by atoms with Crippen LogP contribution in [0.5, 0.6) is 0 Å². The molecule has 41 nitrogen and oxygen atoms in total. The first-order valence-electron chi connectivity index (χ1n) is 38.5. The van der Waals surface area contributed by atoms with E-state index in [-0.39, 0.29) is 107 Å². The number of aromatic nitrogens is 8. The zero-order valence-electron chi connectivity index (χ0n) is 67.5. The number of rotatable bonds is 52. The fourth-order valence-corrected chi connectivity index (χ4v) is 15.8. The number of nitrogen functional groups attached to an aromatic ring is 1. The zero-order chi connectivity index (χ0) is 90.5. The van der Waals surface area contributed by atoms with Gasteiger partial charge in [0.15, 0.2) is 11.2 Å². The van der Waals surface area contributed by atoms with E-state index >= 15 is 0 Å². The van der Waals surface area contributed by atoms with Crippen LogP contribution in [0.3, 0.4) is 0 Å². The van der Waals surface area contributed by atoms with Crippen molar-refractivity contribution in [2.45, 2.75) is 171 Å². The molecule has 3 aromatic carbocycles. The fraction of sp³-hybridized carbons (Fsp3) is 0.403. The number of fused-ring (bicyclic) bond motifs is 1. The summed E-state index contributed by atoms with van der Waals surface area (Å²) in [7, 11) is 5.15. The van der Waals surface area contributed by atoms with E-state index in [4.69, 9.17) is 5.73 Å². The first-order valence-corrected chi connectivity index (χ1v) is 43.5. The number of amides is 10. The number of benzene rings is 3. The van der Waals surface area contributed by atoms with Crippen molar-refractivity contribution in [2.75, 3.05) is 22.6 Å². The molecule has 656 valence electrons. The number of aromatic amines is 1. The minimum atomic E-state index is -2.26. The third kappa shape index (κ3) is 34.0. The van der Waals surface area contributed by atoms with E-state index in [0.29, 0.717) is 49.6 Å². The molecule has 0 radical (unpaired) electrons. The number of anilines is 2. The summed E-state index contributed by atoms with van der Waals surface area (Å²) in [5, 5.41) is 67.5. The molecule has 0 fully saturated rings. The second-order valence-electron chi connectivity index (χ2n) is 28.9. The van der Waals surface area contributed by atoms with Gasteiger partial charge < -0.3 is 63.4 Å². The van der Waals surface area contributed by atoms with Crippen LogP contribution in [0.4, 0.5) is 11.6 Å². The van der Waals surface area contributed by atoms with E-state index in [1.165, 1.54) is 30.7 Å². The standard InChI is InChI=1S/C77H92B2N20O21S4/c1-39(2)22-58(78-119)96-70(111)49(24-42-12-8-6-9-13-42)90-72(113)54-33-82-47(31-84-54)35-121-123-37-56(89-60(100)21-16-41(5)87-66(107)44-17-19-45(20-18-44)81-29-46-30-86-65-64(88-46)75(116)99-77(80)98-65)74(115)94-52(27-62(103)104)68(109)92-51(26-61(101)102)67(108)93-53(28-63(105)106)69(110)95-57(76(117)118)38-124-122-36-48-32-85-55(34-83-48)73(114)91-50(25-43-14-10-7-11-15-43)71(112)97-59(79-120)23-40(3)4/h6-15,17-20,30-34,39-41,49-53,56-59,81H,16,21-29,35-38H2,1-5H3,(H,87,107)(H,89,100)(H,90,113)(H,91,114)(H,92,109)(H,93,108)(H,94,115)(H,95,110)(H,96,111)(H,97,112)(H,101,102)(H,103,104)(H,105,106)(H,117,118)(H3,80,86,98,99,116)/t41-,49+,50+,51+,52+,53+,56+,57+,58+,59+/m1/s1. The van der Waals surface area contributed by atoms with Crippen LogP contribution in [-0.4, -0.2) is 229 Å². The Bertz CT molecular complexity index is 4990. The summed E-state index contributed by atoms with van der Waals surface area (Å²) in [6.45, 7) is 9.24. The molecule has 0 saturated carbocycles. The van der Waals surface area contributed by atoms with Crippen LogP contribution in [0.25, 0.3) is 11.2 Å². The number of carbonyl (C=O) groups excluding carboxylic acids is 10. The summed E-state index contributed by atoms with van der Waals surface area (Å²) < 4.78 is 23.7. The summed E-state index contributed by atoms with van der Waals surface area (Å²) in [6.07, 6.45) is 2.86. The first-order chi connectivity index (χ1) is 59.1. The second kappa shape index (κ2) is 50.1. The molecule has 0 bridgehead atoms. The van der Waals surface area contributed by atoms with Crippen LogP contribution in [-0.2, 0) is 93.0 Å². The average Bonchev–Trinajstić information content (AvgIpc) is 0.806. The molecule has 10 amide bonds. The van der Waals surface area contributed by atoms with Gasteiger partial charge in [-0.15, -0.1) is 0 Å². The number of carboxylic acid groups (broad SMARTS) is 4. The van der Waals surface area contributed by atoms with Gasteiger partial charge in [0, 0.05) is 35.2 Å². The number of nitrogens with one attached hydrogen (secondary N) is 12. The average molecular weight is 1780 g/mol. The van der Waals surface area contributed by atoms with Crippen molar-refractivity contribution in [2.24, 2.45) is 11.8 Å². The van der Waals surface area contributed by atoms with E-state index in [1.54, 1.807) is 79.7 Å². The van der Waals surface area contributed by atoms with Gasteiger partial charge in [0.25, 0.3) is 11.5 Å². The van der Waals surface area contributed by atoms with Crippen LogP contribution in [0.1, 0.15) is 139 Å². The van der Waals surface area contributed by atoms with Gasteiger partial charge in [-0.2, -0.15) is 4.98 Å². The van der Waals surface area contributed by atoms with Crippen molar-refractivity contribution in [1.82, 2.24) is 93.0 Å². The van der Waals surface area contributed by atoms with E-state index in [0.717, 1.165) is 55.6 Å². The Kier molecular flexibility index (Phi) is 39.8. The number of carbonyl (C=O) groups is 14. The number of nitrogens with zero attached hydrogens (tertiary/aromatic N) is 7. The molecule has 0 aliphatic carbocycles. The topological polar surface area (TPSA) is 635 Å². The number of carboxylic acids is 4. The molecule has 0 spiro atoms. The Morgan fingerprint density at radius 2 is 0.879 bits per heavy atom. The van der Waals surface area contributed by atoms with Gasteiger partial charge in [0.05, 0.1) is 37.7 Å². The summed E-state index contributed by atoms with van der Waals surface area (Å²) in [4.78, 5) is 231. The SMILES string of the molecule is CC(C)C[C@@H](B=O)NC(=O)[C@H](Cc1ccccc1)NC(=O)c1cnc(CSSC[C@H](NC(=O)[C@H](CC(=O)O)NC(=O)[C@H](CC(=O)O)NC(=O)[C@H](CC(=O)O)NC(=O)[C@H](CSSCc2cnc(C(=O)N[C@@H](Cc3ccccc3)C(=O)N[C@H](B=O)CC(C)C)cn2)NC(=O)CC[C@@H](C)NC(=O)c2ccc(NCc3cnc4nc(N)[nH]c(=O)c4n3)cc2)C(=O)O)cn1. The number of nitrogens with two attached hydrogens (primary N) is 1. The van der Waals surface area contributed by atoms with Crippen molar-refractivity contribution >= 4 is 163 Å². The van der Waals surface area contributed by atoms with Crippen molar-refractivity contribution in [3.8, 4) is 0 Å². The molecular weight excluding hydrogens is 1690 g/mol. The molecule has 0 aliphatic rings. The third-order valence-corrected chi connectivity index (χ3v) is 22.4. The normalized spacial score (nSPS) is 13.4. The predicted octanol–water partition coefficient (Wildman–Crippen LogP) is 1.24. The summed E-state index contributed by atoms with van der Waals surface area (Å²) in [5.74, 6) is -18.9. The van der Waals surface area contributed by atoms with Gasteiger partial charge >= 0.3 is 373 Å². The zero-order valence-corrected chi connectivity index (χ0v) is 70.8. The van der Waals surface area contributed by atoms with Crippen LogP contribution < -0.4 is 69.8 Å². The van der Waals surface area contributed by atoms with Gasteiger partial charge in [-0.3, -0.25) is 52.9 Å². The van der Waals surface area contributed by atoms with Crippen molar-refractivity contribution < 1.29 is 97.0 Å². The first kappa shape index (κ1) is 98.5. The molecule has 0 saturated heterocycles. The van der Waals surface area contributed by atoms with E-state index in [9.17, 15) is 102 Å². The second-order valence-corrected chi connectivity index (χ2v) is 33.9. The number of H-pyrrole nitrogens is 1. The summed E-state index contributed by atoms with van der Waals surface area (Å²) in [5.41, 5.74) is 7.87. The van der Waals surface area contributed by atoms with E-state index < -0.39 is 174 Å². The van der Waals surface area contributed by atoms with Crippen molar-refractivity contribution in [3.63, 3.8) is 0 Å². The number of aliphatic carboxylic acids is 4. The number of hydrogen-bond donors (Lipinski definition) is 17. The maximum absolute atomic E-state index is 14.4. The summed E-state index contributed by atoms with van der Waals surface area (Å²) in [6, 6.07) is 10.9. The van der Waals surface area contributed by atoms with Crippen molar-refractivity contribution in [3.05, 3.63) is 171 Å². The van der Waals surface area contributed by atoms with Crippen LogP contribution in [0.15, 0.2) is 121 Å². The molecule has 47 heteroatoms. The molecule has 4 heterocycles.